The number of hydrogen-bond donors (Lipinski definition) is 2. The lowest BCUT2D eigenvalue weighted by Crippen LogP contribution is -2.29. The Bertz CT molecular complexity index is 581. The first-order valence-electron chi connectivity index (χ1n) is 6.97. The van der Waals surface area contributed by atoms with Crippen LogP contribution in [0.2, 0.25) is 5.02 Å². The third kappa shape index (κ3) is 3.21. The molecule has 2 aromatic rings. The quantitative estimate of drug-likeness (QED) is 0.640. The molecule has 2 nitrogen and oxygen atoms in total. The third-order valence-electron chi connectivity index (χ3n) is 3.61. The molecule has 2 rings (SSSR count). The van der Waals surface area contributed by atoms with Gasteiger partial charge in [-0.25, -0.2) is 5.43 Å². The highest BCUT2D eigenvalue weighted by Gasteiger charge is 2.16. The van der Waals surface area contributed by atoms with E-state index in [2.05, 4.69) is 42.7 Å². The van der Waals surface area contributed by atoms with E-state index in [4.69, 9.17) is 17.4 Å². The molecule has 0 amide bonds. The molecule has 3 heteroatoms. The zero-order valence-corrected chi connectivity index (χ0v) is 12.7. The standard InChI is InChI=1S/C17H21ClN2/c1-3-6-13-7-4-8-14(11-13)17(20-19)15-9-5-10-16(18)12(15)2/h4-5,7-11,17,20H,3,6,19H2,1-2H3. The number of hydrazine groups is 1. The van der Waals surface area contributed by atoms with Crippen LogP contribution in [0.15, 0.2) is 42.5 Å². The first-order chi connectivity index (χ1) is 9.67. The molecule has 0 spiro atoms. The van der Waals surface area contributed by atoms with E-state index in [-0.39, 0.29) is 6.04 Å². The van der Waals surface area contributed by atoms with Crippen molar-refractivity contribution in [2.24, 2.45) is 5.84 Å². The number of hydrogen-bond acceptors (Lipinski definition) is 2. The van der Waals surface area contributed by atoms with Gasteiger partial charge in [-0.05, 0) is 41.7 Å². The van der Waals surface area contributed by atoms with Gasteiger partial charge in [-0.3, -0.25) is 5.84 Å². The second kappa shape index (κ2) is 6.89. The largest absolute Gasteiger partial charge is 0.271 e. The second-order valence-corrected chi connectivity index (χ2v) is 5.46. The van der Waals surface area contributed by atoms with Gasteiger partial charge in [0.15, 0.2) is 0 Å². The number of rotatable bonds is 5. The zero-order valence-electron chi connectivity index (χ0n) is 12.0. The van der Waals surface area contributed by atoms with E-state index in [9.17, 15) is 0 Å². The number of nitrogens with one attached hydrogen (secondary N) is 1. The van der Waals surface area contributed by atoms with Gasteiger partial charge in [0, 0.05) is 5.02 Å². The third-order valence-corrected chi connectivity index (χ3v) is 4.02. The lowest BCUT2D eigenvalue weighted by Gasteiger charge is -2.20. The van der Waals surface area contributed by atoms with Crippen molar-refractivity contribution >= 4 is 11.6 Å². The maximum atomic E-state index is 6.21. The van der Waals surface area contributed by atoms with E-state index >= 15 is 0 Å². The van der Waals surface area contributed by atoms with Gasteiger partial charge in [-0.2, -0.15) is 0 Å². The summed E-state index contributed by atoms with van der Waals surface area (Å²) in [5.74, 6) is 5.79. The highest BCUT2D eigenvalue weighted by atomic mass is 35.5. The molecule has 0 saturated carbocycles. The van der Waals surface area contributed by atoms with Crippen LogP contribution in [0.1, 0.15) is 41.6 Å². The van der Waals surface area contributed by atoms with Crippen LogP contribution >= 0.6 is 11.6 Å². The van der Waals surface area contributed by atoms with Gasteiger partial charge in [-0.1, -0.05) is 61.3 Å². The second-order valence-electron chi connectivity index (χ2n) is 5.05. The Morgan fingerprint density at radius 1 is 1.20 bits per heavy atom. The first-order valence-corrected chi connectivity index (χ1v) is 7.35. The highest BCUT2D eigenvalue weighted by molar-refractivity contribution is 6.31. The number of nitrogens with two attached hydrogens (primary N) is 1. The van der Waals surface area contributed by atoms with Crippen molar-refractivity contribution in [3.63, 3.8) is 0 Å². The average molecular weight is 289 g/mol. The van der Waals surface area contributed by atoms with Crippen molar-refractivity contribution < 1.29 is 0 Å². The number of benzene rings is 2. The summed E-state index contributed by atoms with van der Waals surface area (Å²) in [5, 5.41) is 0.771. The van der Waals surface area contributed by atoms with Gasteiger partial charge < -0.3 is 0 Å². The van der Waals surface area contributed by atoms with Crippen LogP contribution < -0.4 is 11.3 Å². The predicted molar refractivity (Wildman–Crippen MR) is 85.8 cm³/mol. The van der Waals surface area contributed by atoms with Gasteiger partial charge in [-0.15, -0.1) is 0 Å². The van der Waals surface area contributed by atoms with Gasteiger partial charge in [0.05, 0.1) is 6.04 Å². The molecule has 3 N–H and O–H groups in total. The minimum Gasteiger partial charge on any atom is -0.271 e. The smallest absolute Gasteiger partial charge is 0.0713 e. The van der Waals surface area contributed by atoms with Crippen LogP contribution in [0, 0.1) is 6.92 Å². The van der Waals surface area contributed by atoms with Crippen molar-refractivity contribution in [2.45, 2.75) is 32.7 Å². The van der Waals surface area contributed by atoms with Gasteiger partial charge in [0.1, 0.15) is 0 Å². The summed E-state index contributed by atoms with van der Waals surface area (Å²) in [6, 6.07) is 14.5. The fourth-order valence-electron chi connectivity index (χ4n) is 2.52. The summed E-state index contributed by atoms with van der Waals surface area (Å²) < 4.78 is 0. The topological polar surface area (TPSA) is 38.0 Å². The Kier molecular flexibility index (Phi) is 5.18. The summed E-state index contributed by atoms with van der Waals surface area (Å²) in [6.07, 6.45) is 2.22. The maximum Gasteiger partial charge on any atom is 0.0713 e. The molecule has 1 atom stereocenters. The highest BCUT2D eigenvalue weighted by Crippen LogP contribution is 2.28. The Morgan fingerprint density at radius 2 is 1.95 bits per heavy atom. The molecule has 106 valence electrons. The average Bonchev–Trinajstić information content (AvgIpc) is 2.45. The van der Waals surface area contributed by atoms with E-state index in [0.29, 0.717) is 0 Å². The minimum absolute atomic E-state index is 0.0366. The molecule has 0 aromatic heterocycles. The van der Waals surface area contributed by atoms with Crippen LogP contribution in [0.25, 0.3) is 0 Å². The van der Waals surface area contributed by atoms with Crippen LogP contribution in [-0.4, -0.2) is 0 Å². The minimum atomic E-state index is -0.0366. The molecule has 0 aliphatic carbocycles. The summed E-state index contributed by atoms with van der Waals surface area (Å²) in [5.41, 5.74) is 7.61. The zero-order chi connectivity index (χ0) is 14.5. The van der Waals surface area contributed by atoms with Crippen molar-refractivity contribution in [3.8, 4) is 0 Å². The number of aryl methyl sites for hydroxylation is 1. The van der Waals surface area contributed by atoms with Crippen LogP contribution in [0.5, 0.6) is 0 Å². The lowest BCUT2D eigenvalue weighted by molar-refractivity contribution is 0.633. The fraction of sp³-hybridized carbons (Fsp3) is 0.294. The fourth-order valence-corrected chi connectivity index (χ4v) is 2.70. The van der Waals surface area contributed by atoms with E-state index in [1.807, 2.05) is 19.1 Å². The SMILES string of the molecule is CCCc1cccc(C(NN)c2cccc(Cl)c2C)c1. The van der Waals surface area contributed by atoms with Gasteiger partial charge >= 0.3 is 0 Å². The molecule has 0 fully saturated rings. The molecule has 2 aromatic carbocycles. The van der Waals surface area contributed by atoms with Crippen LogP contribution in [-0.2, 0) is 6.42 Å². The summed E-state index contributed by atoms with van der Waals surface area (Å²) in [6.45, 7) is 4.21. The van der Waals surface area contributed by atoms with Gasteiger partial charge in [0.25, 0.3) is 0 Å². The van der Waals surface area contributed by atoms with Crippen molar-refractivity contribution in [1.29, 1.82) is 0 Å². The Hall–Kier alpha value is -1.35. The normalized spacial score (nSPS) is 12.4. The molecule has 20 heavy (non-hydrogen) atoms. The monoisotopic (exact) mass is 288 g/mol. The summed E-state index contributed by atoms with van der Waals surface area (Å²) in [7, 11) is 0. The number of halogens is 1. The molecule has 0 saturated heterocycles. The van der Waals surface area contributed by atoms with E-state index in [1.165, 1.54) is 11.1 Å². The molecule has 0 bridgehead atoms. The van der Waals surface area contributed by atoms with Crippen molar-refractivity contribution in [1.82, 2.24) is 5.43 Å². The van der Waals surface area contributed by atoms with Gasteiger partial charge in [0.2, 0.25) is 0 Å². The Labute approximate surface area is 125 Å². The predicted octanol–water partition coefficient (Wildman–Crippen LogP) is 4.15. The summed E-state index contributed by atoms with van der Waals surface area (Å²) >= 11 is 6.21. The molecule has 0 heterocycles. The first kappa shape index (κ1) is 15.0. The Morgan fingerprint density at radius 3 is 2.65 bits per heavy atom. The molecule has 0 aliphatic rings. The molecular weight excluding hydrogens is 268 g/mol. The molecular formula is C17H21ClN2. The van der Waals surface area contributed by atoms with Crippen molar-refractivity contribution in [3.05, 3.63) is 69.7 Å². The van der Waals surface area contributed by atoms with Crippen LogP contribution in [0.4, 0.5) is 0 Å². The molecule has 1 unspecified atom stereocenters. The molecule has 0 aliphatic heterocycles. The van der Waals surface area contributed by atoms with E-state index in [0.717, 1.165) is 29.0 Å². The van der Waals surface area contributed by atoms with E-state index < -0.39 is 0 Å². The van der Waals surface area contributed by atoms with E-state index in [1.54, 1.807) is 0 Å². The maximum absolute atomic E-state index is 6.21. The lowest BCUT2D eigenvalue weighted by atomic mass is 9.94. The molecule has 0 radical (unpaired) electrons. The van der Waals surface area contributed by atoms with Crippen molar-refractivity contribution in [2.75, 3.05) is 0 Å². The summed E-state index contributed by atoms with van der Waals surface area (Å²) in [4.78, 5) is 0. The Balaban J connectivity index is 2.41. The van der Waals surface area contributed by atoms with Crippen LogP contribution in [0.3, 0.4) is 0 Å².